The first-order valence-corrected chi connectivity index (χ1v) is 10.8. The molecule has 5 atom stereocenters. The minimum absolute atomic E-state index is 0.0114. The standard InChI is InChI=1S/C20H33N5O8/c1-3-10(2)16(24-17(29)11(21)6-7-14(22)26)19(31)25-8-4-5-13(25)18(30)23-12(20(32)33)9-15(27)28/h10-13,16H,3-9,21H2,1-2H3,(H2,22,26)(H,23,30)(H,24,29)(H,27,28)(H,32,33). The number of rotatable bonds is 13. The second-order valence-electron chi connectivity index (χ2n) is 8.17. The molecular formula is C20H33N5O8. The summed E-state index contributed by atoms with van der Waals surface area (Å²) in [5.41, 5.74) is 10.9. The topological polar surface area (TPSA) is 222 Å². The van der Waals surface area contributed by atoms with E-state index in [1.54, 1.807) is 6.92 Å². The van der Waals surface area contributed by atoms with Gasteiger partial charge in [-0.2, -0.15) is 0 Å². The van der Waals surface area contributed by atoms with Crippen LogP contribution in [0.4, 0.5) is 0 Å². The molecule has 13 nitrogen and oxygen atoms in total. The third kappa shape index (κ3) is 8.33. The average Bonchev–Trinajstić information content (AvgIpc) is 3.23. The van der Waals surface area contributed by atoms with Crippen LogP contribution >= 0.6 is 0 Å². The first kappa shape index (κ1) is 27.8. The quantitative estimate of drug-likeness (QED) is 0.177. The number of carboxylic acid groups (broad SMARTS) is 2. The van der Waals surface area contributed by atoms with Gasteiger partial charge in [0.25, 0.3) is 0 Å². The van der Waals surface area contributed by atoms with E-state index in [-0.39, 0.29) is 31.7 Å². The molecule has 4 amide bonds. The van der Waals surface area contributed by atoms with Crippen LogP contribution in [0.1, 0.15) is 52.4 Å². The number of primary amides is 1. The van der Waals surface area contributed by atoms with Crippen LogP contribution in [0.5, 0.6) is 0 Å². The van der Waals surface area contributed by atoms with Gasteiger partial charge < -0.3 is 37.2 Å². The maximum Gasteiger partial charge on any atom is 0.326 e. The zero-order valence-electron chi connectivity index (χ0n) is 18.8. The van der Waals surface area contributed by atoms with E-state index in [0.29, 0.717) is 12.8 Å². The second kappa shape index (κ2) is 12.7. The van der Waals surface area contributed by atoms with E-state index in [9.17, 15) is 28.8 Å². The molecule has 0 radical (unpaired) electrons. The molecule has 1 rings (SSSR count). The van der Waals surface area contributed by atoms with Crippen molar-refractivity contribution >= 4 is 35.6 Å². The predicted molar refractivity (Wildman–Crippen MR) is 114 cm³/mol. The minimum atomic E-state index is -1.64. The molecule has 186 valence electrons. The lowest BCUT2D eigenvalue weighted by molar-refractivity contribution is -0.148. The summed E-state index contributed by atoms with van der Waals surface area (Å²) in [6.07, 6.45) is 0.369. The van der Waals surface area contributed by atoms with Crippen molar-refractivity contribution in [2.75, 3.05) is 6.54 Å². The molecule has 0 aliphatic carbocycles. The van der Waals surface area contributed by atoms with Gasteiger partial charge in [-0.3, -0.25) is 24.0 Å². The summed E-state index contributed by atoms with van der Waals surface area (Å²) < 4.78 is 0. The van der Waals surface area contributed by atoms with Gasteiger partial charge in [-0.05, 0) is 25.2 Å². The van der Waals surface area contributed by atoms with Gasteiger partial charge in [-0.15, -0.1) is 0 Å². The zero-order valence-corrected chi connectivity index (χ0v) is 18.8. The number of nitrogens with zero attached hydrogens (tertiary/aromatic N) is 1. The monoisotopic (exact) mass is 471 g/mol. The van der Waals surface area contributed by atoms with E-state index in [1.807, 2.05) is 6.92 Å². The fourth-order valence-electron chi connectivity index (χ4n) is 3.50. The molecule has 33 heavy (non-hydrogen) atoms. The van der Waals surface area contributed by atoms with Gasteiger partial charge in [0.15, 0.2) is 0 Å². The third-order valence-electron chi connectivity index (χ3n) is 5.65. The average molecular weight is 472 g/mol. The van der Waals surface area contributed by atoms with Gasteiger partial charge in [-0.25, -0.2) is 4.79 Å². The van der Waals surface area contributed by atoms with Crippen molar-refractivity contribution in [1.82, 2.24) is 15.5 Å². The van der Waals surface area contributed by atoms with Crippen LogP contribution in [-0.4, -0.2) is 81.4 Å². The summed E-state index contributed by atoms with van der Waals surface area (Å²) in [5, 5.41) is 22.8. The molecule has 0 bridgehead atoms. The highest BCUT2D eigenvalue weighted by atomic mass is 16.4. The number of nitrogens with one attached hydrogen (secondary N) is 2. The number of nitrogens with two attached hydrogens (primary N) is 2. The minimum Gasteiger partial charge on any atom is -0.481 e. The van der Waals surface area contributed by atoms with Crippen LogP contribution in [0, 0.1) is 5.92 Å². The van der Waals surface area contributed by atoms with Gasteiger partial charge in [0.2, 0.25) is 23.6 Å². The molecule has 1 aliphatic heterocycles. The Labute approximate surface area is 191 Å². The predicted octanol–water partition coefficient (Wildman–Crippen LogP) is -1.85. The van der Waals surface area contributed by atoms with Crippen LogP contribution < -0.4 is 22.1 Å². The van der Waals surface area contributed by atoms with E-state index in [4.69, 9.17) is 21.7 Å². The van der Waals surface area contributed by atoms with Crippen molar-refractivity contribution < 1.29 is 39.0 Å². The lowest BCUT2D eigenvalue weighted by Gasteiger charge is -2.32. The van der Waals surface area contributed by atoms with E-state index in [2.05, 4.69) is 10.6 Å². The van der Waals surface area contributed by atoms with Crippen molar-refractivity contribution in [3.63, 3.8) is 0 Å². The van der Waals surface area contributed by atoms with Crippen LogP contribution in [-0.2, 0) is 28.8 Å². The van der Waals surface area contributed by atoms with Gasteiger partial charge in [-0.1, -0.05) is 20.3 Å². The number of carbonyl (C=O) groups is 6. The third-order valence-corrected chi connectivity index (χ3v) is 5.65. The lowest BCUT2D eigenvalue weighted by Crippen LogP contribution is -2.58. The summed E-state index contributed by atoms with van der Waals surface area (Å²) in [6.45, 7) is 3.78. The zero-order chi connectivity index (χ0) is 25.3. The van der Waals surface area contributed by atoms with Crippen molar-refractivity contribution in [3.05, 3.63) is 0 Å². The summed E-state index contributed by atoms with van der Waals surface area (Å²) >= 11 is 0. The molecule has 0 aromatic rings. The molecule has 5 unspecified atom stereocenters. The normalized spacial score (nSPS) is 19.1. The van der Waals surface area contributed by atoms with Gasteiger partial charge >= 0.3 is 11.9 Å². The van der Waals surface area contributed by atoms with E-state index in [1.165, 1.54) is 4.90 Å². The molecular weight excluding hydrogens is 438 g/mol. The molecule has 1 fully saturated rings. The molecule has 1 aliphatic rings. The summed E-state index contributed by atoms with van der Waals surface area (Å²) in [6, 6.07) is -4.69. The maximum atomic E-state index is 13.3. The van der Waals surface area contributed by atoms with Crippen molar-refractivity contribution in [3.8, 4) is 0 Å². The van der Waals surface area contributed by atoms with Crippen LogP contribution in [0.2, 0.25) is 0 Å². The fourth-order valence-corrected chi connectivity index (χ4v) is 3.50. The lowest BCUT2D eigenvalue weighted by atomic mass is 9.96. The number of amides is 4. The molecule has 1 saturated heterocycles. The highest BCUT2D eigenvalue weighted by Gasteiger charge is 2.40. The van der Waals surface area contributed by atoms with Crippen molar-refractivity contribution in [1.29, 1.82) is 0 Å². The molecule has 0 aromatic heterocycles. The Bertz CT molecular complexity index is 774. The van der Waals surface area contributed by atoms with Crippen molar-refractivity contribution in [2.24, 2.45) is 17.4 Å². The molecule has 0 spiro atoms. The summed E-state index contributed by atoms with van der Waals surface area (Å²) in [5.74, 6) is -5.76. The highest BCUT2D eigenvalue weighted by Crippen LogP contribution is 2.22. The Morgan fingerprint density at radius 2 is 1.76 bits per heavy atom. The summed E-state index contributed by atoms with van der Waals surface area (Å²) in [7, 11) is 0. The fraction of sp³-hybridized carbons (Fsp3) is 0.700. The number of hydrogen-bond acceptors (Lipinski definition) is 7. The largest absolute Gasteiger partial charge is 0.481 e. The summed E-state index contributed by atoms with van der Waals surface area (Å²) in [4.78, 5) is 72.8. The van der Waals surface area contributed by atoms with E-state index >= 15 is 0 Å². The van der Waals surface area contributed by atoms with Gasteiger partial charge in [0.1, 0.15) is 18.1 Å². The molecule has 0 saturated carbocycles. The Kier molecular flexibility index (Phi) is 10.7. The molecule has 0 aromatic carbocycles. The van der Waals surface area contributed by atoms with Gasteiger partial charge in [0.05, 0.1) is 12.5 Å². The maximum absolute atomic E-state index is 13.3. The Morgan fingerprint density at radius 3 is 2.27 bits per heavy atom. The number of likely N-dealkylation sites (tertiary alicyclic amines) is 1. The molecule has 8 N–H and O–H groups in total. The van der Waals surface area contributed by atoms with Crippen LogP contribution in [0.25, 0.3) is 0 Å². The van der Waals surface area contributed by atoms with Crippen molar-refractivity contribution in [2.45, 2.75) is 76.5 Å². The number of carbonyl (C=O) groups excluding carboxylic acids is 4. The first-order chi connectivity index (χ1) is 15.4. The first-order valence-electron chi connectivity index (χ1n) is 10.8. The molecule has 13 heteroatoms. The SMILES string of the molecule is CCC(C)C(NC(=O)C(N)CCC(N)=O)C(=O)N1CCCC1C(=O)NC(CC(=O)O)C(=O)O. The Balaban J connectivity index is 2.96. The Morgan fingerprint density at radius 1 is 1.12 bits per heavy atom. The van der Waals surface area contributed by atoms with E-state index in [0.717, 1.165) is 0 Å². The van der Waals surface area contributed by atoms with E-state index < -0.39 is 66.2 Å². The number of hydrogen-bond donors (Lipinski definition) is 6. The van der Waals surface area contributed by atoms with Crippen LogP contribution in [0.3, 0.4) is 0 Å². The number of aliphatic carboxylic acids is 2. The second-order valence-corrected chi connectivity index (χ2v) is 8.17. The smallest absolute Gasteiger partial charge is 0.326 e. The van der Waals surface area contributed by atoms with Gasteiger partial charge in [0, 0.05) is 13.0 Å². The Hall–Kier alpha value is -3.22. The molecule has 1 heterocycles. The highest BCUT2D eigenvalue weighted by molar-refractivity contribution is 5.95. The number of carboxylic acids is 2. The van der Waals surface area contributed by atoms with Crippen LogP contribution in [0.15, 0.2) is 0 Å².